The number of hydrogen-bond acceptors (Lipinski definition) is 2. The largest absolute Gasteiger partial charge is 0.481 e. The quantitative estimate of drug-likeness (QED) is 0.837. The number of fused-ring (bicyclic) bond motifs is 1. The van der Waals surface area contributed by atoms with Crippen molar-refractivity contribution in [2.45, 2.75) is 24.7 Å². The molecule has 1 fully saturated rings. The fourth-order valence-corrected chi connectivity index (χ4v) is 2.37. The van der Waals surface area contributed by atoms with Gasteiger partial charge in [0, 0.05) is 11.8 Å². The summed E-state index contributed by atoms with van der Waals surface area (Å²) in [4.78, 5) is 18.2. The van der Waals surface area contributed by atoms with Gasteiger partial charge in [-0.05, 0) is 18.9 Å². The molecule has 5 heteroatoms. The van der Waals surface area contributed by atoms with Gasteiger partial charge in [-0.2, -0.15) is 0 Å². The van der Waals surface area contributed by atoms with Gasteiger partial charge in [0.25, 0.3) is 0 Å². The van der Waals surface area contributed by atoms with Crippen LogP contribution in [-0.2, 0) is 10.2 Å². The number of H-pyrrole nitrogens is 1. The number of nitrogens with zero attached hydrogens (tertiary/aromatic N) is 1. The van der Waals surface area contributed by atoms with E-state index >= 15 is 0 Å². The summed E-state index contributed by atoms with van der Waals surface area (Å²) >= 11 is 0. The van der Waals surface area contributed by atoms with E-state index < -0.39 is 17.2 Å². The molecular weight excluding hydrogens is 223 g/mol. The Labute approximate surface area is 96.5 Å². The SMILES string of the molecule is O=C(O)C1(c2cc3ncc(F)cc3[nH]2)CCC1. The van der Waals surface area contributed by atoms with Crippen molar-refractivity contribution in [2.24, 2.45) is 0 Å². The highest BCUT2D eigenvalue weighted by Gasteiger charge is 2.47. The molecule has 0 aromatic carbocycles. The molecule has 0 saturated heterocycles. The summed E-state index contributed by atoms with van der Waals surface area (Å²) < 4.78 is 13.0. The van der Waals surface area contributed by atoms with Crippen molar-refractivity contribution in [3.05, 3.63) is 29.8 Å². The number of aliphatic carboxylic acids is 1. The summed E-state index contributed by atoms with van der Waals surface area (Å²) in [6.45, 7) is 0. The summed E-state index contributed by atoms with van der Waals surface area (Å²) in [6.07, 6.45) is 3.28. The second-order valence-corrected chi connectivity index (χ2v) is 4.51. The van der Waals surface area contributed by atoms with E-state index in [1.54, 1.807) is 6.07 Å². The molecule has 0 unspecified atom stereocenters. The third-order valence-electron chi connectivity index (χ3n) is 3.57. The highest BCUT2D eigenvalue weighted by atomic mass is 19.1. The first-order valence-corrected chi connectivity index (χ1v) is 5.50. The Hall–Kier alpha value is -1.91. The number of aromatic nitrogens is 2. The van der Waals surface area contributed by atoms with E-state index in [0.29, 0.717) is 29.6 Å². The summed E-state index contributed by atoms with van der Waals surface area (Å²) in [5, 5.41) is 9.30. The monoisotopic (exact) mass is 234 g/mol. The molecule has 17 heavy (non-hydrogen) atoms. The molecule has 2 aromatic heterocycles. The van der Waals surface area contributed by atoms with E-state index in [0.717, 1.165) is 12.6 Å². The Kier molecular flexibility index (Phi) is 1.98. The standard InChI is InChI=1S/C12H11FN2O2/c13-7-4-9-8(14-6-7)5-10(15-9)12(11(16)17)2-1-3-12/h4-6,15H,1-3H2,(H,16,17). The summed E-state index contributed by atoms with van der Waals surface area (Å²) in [6, 6.07) is 3.04. The first kappa shape index (κ1) is 10.3. The minimum Gasteiger partial charge on any atom is -0.481 e. The molecule has 0 amide bonds. The van der Waals surface area contributed by atoms with Crippen LogP contribution in [0.15, 0.2) is 18.3 Å². The van der Waals surface area contributed by atoms with Crippen molar-refractivity contribution in [1.82, 2.24) is 9.97 Å². The number of carboxylic acid groups (broad SMARTS) is 1. The zero-order chi connectivity index (χ0) is 12.0. The van der Waals surface area contributed by atoms with Gasteiger partial charge in [0.15, 0.2) is 0 Å². The summed E-state index contributed by atoms with van der Waals surface area (Å²) in [7, 11) is 0. The van der Waals surface area contributed by atoms with Crippen LogP contribution < -0.4 is 0 Å². The highest BCUT2D eigenvalue weighted by molar-refractivity contribution is 5.85. The van der Waals surface area contributed by atoms with Gasteiger partial charge in [0.2, 0.25) is 0 Å². The van der Waals surface area contributed by atoms with E-state index in [1.807, 2.05) is 0 Å². The topological polar surface area (TPSA) is 66.0 Å². The van der Waals surface area contributed by atoms with Crippen LogP contribution in [0.4, 0.5) is 4.39 Å². The molecule has 2 aromatic rings. The van der Waals surface area contributed by atoms with Crippen molar-refractivity contribution in [1.29, 1.82) is 0 Å². The molecule has 3 rings (SSSR count). The van der Waals surface area contributed by atoms with Gasteiger partial charge in [-0.25, -0.2) is 4.39 Å². The normalized spacial score (nSPS) is 17.9. The van der Waals surface area contributed by atoms with Gasteiger partial charge in [-0.3, -0.25) is 9.78 Å². The van der Waals surface area contributed by atoms with E-state index in [4.69, 9.17) is 0 Å². The van der Waals surface area contributed by atoms with Crippen LogP contribution in [0, 0.1) is 5.82 Å². The highest BCUT2D eigenvalue weighted by Crippen LogP contribution is 2.44. The molecule has 88 valence electrons. The van der Waals surface area contributed by atoms with Crippen molar-refractivity contribution in [3.8, 4) is 0 Å². The Balaban J connectivity index is 2.14. The molecule has 2 heterocycles. The van der Waals surface area contributed by atoms with Crippen LogP contribution in [0.2, 0.25) is 0 Å². The van der Waals surface area contributed by atoms with E-state index in [-0.39, 0.29) is 0 Å². The Morgan fingerprint density at radius 1 is 1.47 bits per heavy atom. The third-order valence-corrected chi connectivity index (χ3v) is 3.57. The average Bonchev–Trinajstić information content (AvgIpc) is 2.57. The minimum atomic E-state index is -0.823. The number of carbonyl (C=O) groups is 1. The number of rotatable bonds is 2. The number of carboxylic acids is 1. The summed E-state index contributed by atoms with van der Waals surface area (Å²) in [5.41, 5.74) is 0.961. The lowest BCUT2D eigenvalue weighted by atomic mass is 9.67. The van der Waals surface area contributed by atoms with Gasteiger partial charge < -0.3 is 10.1 Å². The zero-order valence-electron chi connectivity index (χ0n) is 9.03. The second-order valence-electron chi connectivity index (χ2n) is 4.51. The molecule has 0 atom stereocenters. The minimum absolute atomic E-state index is 0.427. The fraction of sp³-hybridized carbons (Fsp3) is 0.333. The van der Waals surface area contributed by atoms with Gasteiger partial charge in [0.05, 0.1) is 17.2 Å². The molecule has 4 nitrogen and oxygen atoms in total. The van der Waals surface area contributed by atoms with Crippen molar-refractivity contribution in [3.63, 3.8) is 0 Å². The molecule has 0 aliphatic heterocycles. The number of halogens is 1. The molecule has 1 aliphatic rings. The molecule has 1 saturated carbocycles. The van der Waals surface area contributed by atoms with Crippen molar-refractivity contribution in [2.75, 3.05) is 0 Å². The van der Waals surface area contributed by atoms with E-state index in [2.05, 4.69) is 9.97 Å². The Morgan fingerprint density at radius 3 is 2.82 bits per heavy atom. The van der Waals surface area contributed by atoms with Crippen LogP contribution in [0.25, 0.3) is 11.0 Å². The lowest BCUT2D eigenvalue weighted by Crippen LogP contribution is -2.42. The number of nitrogens with one attached hydrogen (secondary N) is 1. The van der Waals surface area contributed by atoms with E-state index in [1.165, 1.54) is 6.07 Å². The Morgan fingerprint density at radius 2 is 2.24 bits per heavy atom. The summed E-state index contributed by atoms with van der Waals surface area (Å²) in [5.74, 6) is -1.25. The lowest BCUT2D eigenvalue weighted by Gasteiger charge is -2.36. The van der Waals surface area contributed by atoms with Gasteiger partial charge in [0.1, 0.15) is 11.2 Å². The van der Waals surface area contributed by atoms with E-state index in [9.17, 15) is 14.3 Å². The molecule has 1 aliphatic carbocycles. The third kappa shape index (κ3) is 1.35. The average molecular weight is 234 g/mol. The van der Waals surface area contributed by atoms with Gasteiger partial charge in [-0.1, -0.05) is 6.42 Å². The second kappa shape index (κ2) is 3.29. The molecule has 0 radical (unpaired) electrons. The predicted molar refractivity (Wildman–Crippen MR) is 59.2 cm³/mol. The maximum atomic E-state index is 13.0. The van der Waals surface area contributed by atoms with Crippen LogP contribution in [0.5, 0.6) is 0 Å². The van der Waals surface area contributed by atoms with Crippen LogP contribution in [0.1, 0.15) is 25.0 Å². The fourth-order valence-electron chi connectivity index (χ4n) is 2.37. The van der Waals surface area contributed by atoms with Crippen LogP contribution >= 0.6 is 0 Å². The molecule has 2 N–H and O–H groups in total. The smallest absolute Gasteiger partial charge is 0.315 e. The first-order chi connectivity index (χ1) is 8.12. The maximum absolute atomic E-state index is 13.0. The number of aromatic amines is 1. The molecule has 0 spiro atoms. The van der Waals surface area contributed by atoms with Crippen molar-refractivity contribution >= 4 is 17.0 Å². The maximum Gasteiger partial charge on any atom is 0.315 e. The van der Waals surface area contributed by atoms with Gasteiger partial charge in [-0.15, -0.1) is 0 Å². The van der Waals surface area contributed by atoms with Crippen LogP contribution in [-0.4, -0.2) is 21.0 Å². The first-order valence-electron chi connectivity index (χ1n) is 5.50. The molecule has 0 bridgehead atoms. The van der Waals surface area contributed by atoms with Crippen LogP contribution in [0.3, 0.4) is 0 Å². The van der Waals surface area contributed by atoms with Crippen molar-refractivity contribution < 1.29 is 14.3 Å². The zero-order valence-corrected chi connectivity index (χ0v) is 9.03. The lowest BCUT2D eigenvalue weighted by molar-refractivity contribution is -0.147. The Bertz CT molecular complexity index is 602. The number of pyridine rings is 1. The number of hydrogen-bond donors (Lipinski definition) is 2. The predicted octanol–water partition coefficient (Wildman–Crippen LogP) is 2.21. The molecular formula is C12H11FN2O2. The van der Waals surface area contributed by atoms with Gasteiger partial charge >= 0.3 is 5.97 Å².